The fourth-order valence-electron chi connectivity index (χ4n) is 3.51. The lowest BCUT2D eigenvalue weighted by Gasteiger charge is -2.38. The van der Waals surface area contributed by atoms with E-state index in [9.17, 15) is 14.0 Å². The topological polar surface area (TPSA) is 55.4 Å². The molecule has 1 N–H and O–H groups in total. The summed E-state index contributed by atoms with van der Waals surface area (Å²) in [5, 5.41) is 3.29. The first-order chi connectivity index (χ1) is 11.5. The zero-order valence-corrected chi connectivity index (χ0v) is 14.1. The van der Waals surface area contributed by atoms with E-state index in [-0.39, 0.29) is 21.9 Å². The Hall–Kier alpha value is -2.14. The second kappa shape index (κ2) is 6.40. The summed E-state index contributed by atoms with van der Waals surface area (Å²) < 4.78 is 19.5. The third kappa shape index (κ3) is 2.63. The summed E-state index contributed by atoms with van der Waals surface area (Å²) >= 11 is 6.24. The molecule has 1 aliphatic heterocycles. The molecule has 3 rings (SSSR count). The van der Waals surface area contributed by atoms with E-state index in [4.69, 9.17) is 16.3 Å². The molecule has 0 aromatic heterocycles. The number of carbonyl (C=O) groups excluding carboxylic acids is 2. The number of nitrogens with one attached hydrogen (secondary N) is 1. The molecule has 0 bridgehead atoms. The number of allylic oxidation sites excluding steroid dienone is 3. The van der Waals surface area contributed by atoms with E-state index in [2.05, 4.69) is 5.32 Å². The number of halogens is 2. The van der Waals surface area contributed by atoms with Crippen molar-refractivity contribution in [1.82, 2.24) is 5.32 Å². The Bertz CT molecular complexity index is 764. The lowest BCUT2D eigenvalue weighted by molar-refractivity contribution is -0.136. The molecule has 4 nitrogen and oxygen atoms in total. The van der Waals surface area contributed by atoms with Gasteiger partial charge in [-0.25, -0.2) is 9.18 Å². The molecule has 2 atom stereocenters. The van der Waals surface area contributed by atoms with Crippen LogP contribution in [0, 0.1) is 11.7 Å². The predicted molar refractivity (Wildman–Crippen MR) is 87.8 cm³/mol. The molecule has 0 saturated carbocycles. The zero-order chi connectivity index (χ0) is 17.4. The Balaban J connectivity index is 2.28. The van der Waals surface area contributed by atoms with Crippen LogP contribution in [0.2, 0.25) is 5.02 Å². The van der Waals surface area contributed by atoms with Crippen molar-refractivity contribution in [3.8, 4) is 0 Å². The molecule has 2 aliphatic rings. The predicted octanol–water partition coefficient (Wildman–Crippen LogP) is 3.48. The van der Waals surface area contributed by atoms with Gasteiger partial charge in [0.05, 0.1) is 18.6 Å². The van der Waals surface area contributed by atoms with Gasteiger partial charge in [0.2, 0.25) is 0 Å². The molecule has 0 fully saturated rings. The molecule has 0 saturated heterocycles. The first-order valence-corrected chi connectivity index (χ1v) is 8.06. The molecule has 2 unspecified atom stereocenters. The number of ketones is 1. The zero-order valence-electron chi connectivity index (χ0n) is 13.4. The highest BCUT2D eigenvalue weighted by Gasteiger charge is 2.44. The molecule has 1 aliphatic carbocycles. The summed E-state index contributed by atoms with van der Waals surface area (Å²) in [5.74, 6) is -2.64. The van der Waals surface area contributed by atoms with Crippen LogP contribution in [0.4, 0.5) is 4.39 Å². The van der Waals surface area contributed by atoms with Gasteiger partial charge in [0.15, 0.2) is 0 Å². The number of fused-ring (bicyclic) bond motifs is 1. The van der Waals surface area contributed by atoms with E-state index in [0.717, 1.165) is 0 Å². The van der Waals surface area contributed by atoms with Crippen LogP contribution in [-0.2, 0) is 14.3 Å². The monoisotopic (exact) mass is 349 g/mol. The molecule has 126 valence electrons. The molecule has 1 aromatic carbocycles. The van der Waals surface area contributed by atoms with Crippen LogP contribution >= 0.6 is 11.6 Å². The maximum Gasteiger partial charge on any atom is 0.336 e. The van der Waals surface area contributed by atoms with Crippen LogP contribution in [0.25, 0.3) is 0 Å². The molecule has 0 spiro atoms. The van der Waals surface area contributed by atoms with Gasteiger partial charge in [0, 0.05) is 34.3 Å². The summed E-state index contributed by atoms with van der Waals surface area (Å²) in [6.45, 7) is 1.71. The lowest BCUT2D eigenvalue weighted by atomic mass is 9.71. The maximum absolute atomic E-state index is 14.6. The summed E-state index contributed by atoms with van der Waals surface area (Å²) in [4.78, 5) is 24.9. The number of carbonyl (C=O) groups is 2. The lowest BCUT2D eigenvalue weighted by Crippen LogP contribution is -2.41. The van der Waals surface area contributed by atoms with Crippen LogP contribution in [-0.4, -0.2) is 18.9 Å². The second-order valence-electron chi connectivity index (χ2n) is 5.91. The van der Waals surface area contributed by atoms with Crippen molar-refractivity contribution in [3.05, 3.63) is 57.6 Å². The van der Waals surface area contributed by atoms with Crippen LogP contribution in [0.1, 0.15) is 31.2 Å². The van der Waals surface area contributed by atoms with Gasteiger partial charge in [-0.3, -0.25) is 4.79 Å². The van der Waals surface area contributed by atoms with E-state index >= 15 is 0 Å². The Morgan fingerprint density at radius 2 is 2.12 bits per heavy atom. The third-order valence-corrected chi connectivity index (χ3v) is 4.86. The molecule has 24 heavy (non-hydrogen) atoms. The molecule has 6 heteroatoms. The number of rotatable bonds is 2. The van der Waals surface area contributed by atoms with Crippen molar-refractivity contribution in [3.63, 3.8) is 0 Å². The first-order valence-electron chi connectivity index (χ1n) is 7.68. The number of Topliss-reactive ketones (excluding diaryl/α,β-unsaturated/α-hetero) is 1. The van der Waals surface area contributed by atoms with Crippen molar-refractivity contribution in [2.24, 2.45) is 5.92 Å². The third-order valence-electron chi connectivity index (χ3n) is 4.53. The SMILES string of the molecule is COC(=O)C1=C(C)NC2=CCCC(=O)C2C1c1c(F)cccc1Cl. The van der Waals surface area contributed by atoms with Gasteiger partial charge < -0.3 is 10.1 Å². The quantitative estimate of drug-likeness (QED) is 0.831. The van der Waals surface area contributed by atoms with Crippen molar-refractivity contribution in [2.75, 3.05) is 7.11 Å². The summed E-state index contributed by atoms with van der Waals surface area (Å²) in [6.07, 6.45) is 2.90. The van der Waals surface area contributed by atoms with Crippen LogP contribution in [0.15, 0.2) is 41.2 Å². The van der Waals surface area contributed by atoms with Crippen LogP contribution < -0.4 is 5.32 Å². The number of benzene rings is 1. The fourth-order valence-corrected chi connectivity index (χ4v) is 3.79. The normalized spacial score (nSPS) is 23.3. The second-order valence-corrected chi connectivity index (χ2v) is 6.32. The smallest absolute Gasteiger partial charge is 0.336 e. The Kier molecular flexibility index (Phi) is 4.45. The van der Waals surface area contributed by atoms with Crippen molar-refractivity contribution in [1.29, 1.82) is 0 Å². The standard InChI is InChI=1S/C18H17ClFNO3/c1-9-14(18(23)24-2)17(15-10(19)5-3-6-11(15)20)16-12(21-9)7-4-8-13(16)22/h3,5-7,16-17,21H,4,8H2,1-2H3. The summed E-state index contributed by atoms with van der Waals surface area (Å²) in [5.41, 5.74) is 1.64. The van der Waals surface area contributed by atoms with Gasteiger partial charge in [-0.05, 0) is 25.5 Å². The fraction of sp³-hybridized carbons (Fsp3) is 0.333. The highest BCUT2D eigenvalue weighted by molar-refractivity contribution is 6.31. The number of methoxy groups -OCH3 is 1. The van der Waals surface area contributed by atoms with E-state index in [0.29, 0.717) is 24.2 Å². The van der Waals surface area contributed by atoms with Crippen molar-refractivity contribution in [2.45, 2.75) is 25.7 Å². The molecular formula is C18H17ClFNO3. The Morgan fingerprint density at radius 3 is 2.79 bits per heavy atom. The van der Waals surface area contributed by atoms with Crippen molar-refractivity contribution >= 4 is 23.4 Å². The number of esters is 1. The van der Waals surface area contributed by atoms with Gasteiger partial charge in [-0.15, -0.1) is 0 Å². The van der Waals surface area contributed by atoms with Gasteiger partial charge in [0.1, 0.15) is 11.6 Å². The minimum absolute atomic E-state index is 0.0433. The van der Waals surface area contributed by atoms with Crippen LogP contribution in [0.5, 0.6) is 0 Å². The maximum atomic E-state index is 14.6. The minimum atomic E-state index is -0.800. The Labute approximate surface area is 144 Å². The van der Waals surface area contributed by atoms with Gasteiger partial charge in [-0.2, -0.15) is 0 Å². The average Bonchev–Trinajstić information content (AvgIpc) is 2.53. The number of hydrogen-bond donors (Lipinski definition) is 1. The highest BCUT2D eigenvalue weighted by Crippen LogP contribution is 2.46. The summed E-state index contributed by atoms with van der Waals surface area (Å²) in [6, 6.07) is 4.34. The van der Waals surface area contributed by atoms with E-state index < -0.39 is 23.6 Å². The average molecular weight is 350 g/mol. The van der Waals surface area contributed by atoms with Crippen molar-refractivity contribution < 1.29 is 18.7 Å². The largest absolute Gasteiger partial charge is 0.466 e. The van der Waals surface area contributed by atoms with Gasteiger partial charge in [-0.1, -0.05) is 23.7 Å². The molecule has 1 aromatic rings. The molecular weight excluding hydrogens is 333 g/mol. The minimum Gasteiger partial charge on any atom is -0.466 e. The van der Waals surface area contributed by atoms with Crippen LogP contribution in [0.3, 0.4) is 0 Å². The molecule has 0 radical (unpaired) electrons. The summed E-state index contributed by atoms with van der Waals surface area (Å²) in [7, 11) is 1.26. The van der Waals surface area contributed by atoms with E-state index in [1.165, 1.54) is 19.2 Å². The number of hydrogen-bond acceptors (Lipinski definition) is 4. The van der Waals surface area contributed by atoms with E-state index in [1.54, 1.807) is 13.0 Å². The van der Waals surface area contributed by atoms with E-state index in [1.807, 2.05) is 6.08 Å². The first kappa shape index (κ1) is 16.7. The molecule has 0 amide bonds. The van der Waals surface area contributed by atoms with Gasteiger partial charge >= 0.3 is 5.97 Å². The number of ether oxygens (including phenoxy) is 1. The molecule has 1 heterocycles. The Morgan fingerprint density at radius 1 is 1.38 bits per heavy atom. The highest BCUT2D eigenvalue weighted by atomic mass is 35.5. The van der Waals surface area contributed by atoms with Gasteiger partial charge in [0.25, 0.3) is 0 Å².